The number of aryl methyl sites for hydroxylation is 1. The molecule has 0 aliphatic carbocycles. The highest BCUT2D eigenvalue weighted by Gasteiger charge is 2.24. The van der Waals surface area contributed by atoms with Crippen LogP contribution in [0, 0.1) is 6.92 Å². The Hall–Kier alpha value is -1.03. The quantitative estimate of drug-likeness (QED) is 0.737. The second-order valence-corrected chi connectivity index (χ2v) is 4.36. The first kappa shape index (κ1) is 14.0. The van der Waals surface area contributed by atoms with Crippen LogP contribution < -0.4 is 0 Å². The van der Waals surface area contributed by atoms with E-state index in [1.54, 1.807) is 17.9 Å². The molecule has 0 N–H and O–H groups in total. The standard InChI is InChI=1S/C12H19ClN2O2/c1-4-10(5-2)15(7-6-13)12(16)11-8-9(3)17-14-11/h8,10H,4-7H2,1-3H3. The molecule has 17 heavy (non-hydrogen) atoms. The molecule has 0 saturated carbocycles. The second kappa shape index (κ2) is 6.64. The van der Waals surface area contributed by atoms with Gasteiger partial charge in [-0.15, -0.1) is 11.6 Å². The molecule has 0 spiro atoms. The van der Waals surface area contributed by atoms with Crippen molar-refractivity contribution in [3.05, 3.63) is 17.5 Å². The molecule has 0 aromatic carbocycles. The molecule has 1 amide bonds. The smallest absolute Gasteiger partial charge is 0.276 e. The van der Waals surface area contributed by atoms with Gasteiger partial charge in [0.1, 0.15) is 5.76 Å². The number of rotatable bonds is 6. The zero-order chi connectivity index (χ0) is 12.8. The van der Waals surface area contributed by atoms with Crippen molar-refractivity contribution in [3.8, 4) is 0 Å². The minimum atomic E-state index is -0.101. The van der Waals surface area contributed by atoms with Gasteiger partial charge in [-0.1, -0.05) is 19.0 Å². The van der Waals surface area contributed by atoms with Gasteiger partial charge in [-0.3, -0.25) is 4.79 Å². The molecular weight excluding hydrogens is 240 g/mol. The largest absolute Gasteiger partial charge is 0.361 e. The first-order valence-corrected chi connectivity index (χ1v) is 6.47. The molecule has 5 heteroatoms. The van der Waals surface area contributed by atoms with Crippen molar-refractivity contribution in [1.29, 1.82) is 0 Å². The number of nitrogens with zero attached hydrogens (tertiary/aromatic N) is 2. The van der Waals surface area contributed by atoms with Crippen LogP contribution in [0.5, 0.6) is 0 Å². The van der Waals surface area contributed by atoms with Crippen LogP contribution in [0.3, 0.4) is 0 Å². The monoisotopic (exact) mass is 258 g/mol. The number of aromatic nitrogens is 1. The molecule has 0 unspecified atom stereocenters. The van der Waals surface area contributed by atoms with Crippen molar-refractivity contribution in [3.63, 3.8) is 0 Å². The highest BCUT2D eigenvalue weighted by atomic mass is 35.5. The normalized spacial score (nSPS) is 10.9. The van der Waals surface area contributed by atoms with Crippen molar-refractivity contribution < 1.29 is 9.32 Å². The molecule has 0 aliphatic heterocycles. The van der Waals surface area contributed by atoms with E-state index in [0.29, 0.717) is 23.9 Å². The van der Waals surface area contributed by atoms with Crippen molar-refractivity contribution in [1.82, 2.24) is 10.1 Å². The Morgan fingerprint density at radius 3 is 2.59 bits per heavy atom. The number of halogens is 1. The van der Waals surface area contributed by atoms with Gasteiger partial charge >= 0.3 is 0 Å². The number of hydrogen-bond donors (Lipinski definition) is 0. The fourth-order valence-electron chi connectivity index (χ4n) is 1.88. The molecule has 96 valence electrons. The summed E-state index contributed by atoms with van der Waals surface area (Å²) in [7, 11) is 0. The van der Waals surface area contributed by atoms with Gasteiger partial charge < -0.3 is 9.42 Å². The molecule has 0 bridgehead atoms. The summed E-state index contributed by atoms with van der Waals surface area (Å²) in [5, 5.41) is 3.76. The van der Waals surface area contributed by atoms with Crippen LogP contribution in [0.2, 0.25) is 0 Å². The Morgan fingerprint density at radius 1 is 1.53 bits per heavy atom. The summed E-state index contributed by atoms with van der Waals surface area (Å²) in [6.07, 6.45) is 1.83. The highest BCUT2D eigenvalue weighted by Crippen LogP contribution is 2.14. The lowest BCUT2D eigenvalue weighted by molar-refractivity contribution is 0.0671. The van der Waals surface area contributed by atoms with E-state index in [0.717, 1.165) is 12.8 Å². The predicted octanol–water partition coefficient (Wildman–Crippen LogP) is 2.85. The average molecular weight is 259 g/mol. The molecule has 4 nitrogen and oxygen atoms in total. The van der Waals surface area contributed by atoms with E-state index in [2.05, 4.69) is 19.0 Å². The van der Waals surface area contributed by atoms with E-state index in [1.165, 1.54) is 0 Å². The van der Waals surface area contributed by atoms with E-state index in [1.807, 2.05) is 0 Å². The SMILES string of the molecule is CCC(CC)N(CCCl)C(=O)c1cc(C)on1. The topological polar surface area (TPSA) is 46.3 Å². The summed E-state index contributed by atoms with van der Waals surface area (Å²) in [5.41, 5.74) is 0.361. The summed E-state index contributed by atoms with van der Waals surface area (Å²) in [5.74, 6) is 0.971. The number of hydrogen-bond acceptors (Lipinski definition) is 3. The zero-order valence-electron chi connectivity index (χ0n) is 10.6. The fourth-order valence-corrected chi connectivity index (χ4v) is 2.07. The van der Waals surface area contributed by atoms with Gasteiger partial charge in [0.15, 0.2) is 5.69 Å². The number of amides is 1. The summed E-state index contributed by atoms with van der Waals surface area (Å²) in [6.45, 7) is 6.44. The Labute approximate surface area is 107 Å². The lowest BCUT2D eigenvalue weighted by Gasteiger charge is -2.29. The molecule has 0 fully saturated rings. The third-order valence-electron chi connectivity index (χ3n) is 2.82. The average Bonchev–Trinajstić information content (AvgIpc) is 2.75. The molecule has 1 rings (SSSR count). The van der Waals surface area contributed by atoms with Crippen LogP contribution in [0.4, 0.5) is 0 Å². The Bertz CT molecular complexity index is 361. The molecule has 0 atom stereocenters. The summed E-state index contributed by atoms with van der Waals surface area (Å²) >= 11 is 5.75. The maximum absolute atomic E-state index is 12.3. The van der Waals surface area contributed by atoms with E-state index >= 15 is 0 Å². The van der Waals surface area contributed by atoms with Crippen molar-refractivity contribution in [2.45, 2.75) is 39.7 Å². The highest BCUT2D eigenvalue weighted by molar-refractivity contribution is 6.18. The second-order valence-electron chi connectivity index (χ2n) is 3.98. The van der Waals surface area contributed by atoms with Crippen molar-refractivity contribution >= 4 is 17.5 Å². The minimum absolute atomic E-state index is 0.101. The molecule has 0 saturated heterocycles. The molecule has 0 aliphatic rings. The molecule has 1 aromatic rings. The Kier molecular flexibility index (Phi) is 5.48. The first-order chi connectivity index (χ1) is 8.13. The lowest BCUT2D eigenvalue weighted by Crippen LogP contribution is -2.41. The van der Waals surface area contributed by atoms with Crippen LogP contribution in [0.1, 0.15) is 42.9 Å². The van der Waals surface area contributed by atoms with Gasteiger partial charge in [0.25, 0.3) is 5.91 Å². The molecule has 1 heterocycles. The van der Waals surface area contributed by atoms with Crippen LogP contribution in [-0.2, 0) is 0 Å². The van der Waals surface area contributed by atoms with Crippen LogP contribution in [-0.4, -0.2) is 34.4 Å². The third-order valence-corrected chi connectivity index (χ3v) is 2.99. The fraction of sp³-hybridized carbons (Fsp3) is 0.667. The van der Waals surface area contributed by atoms with Gasteiger partial charge in [-0.2, -0.15) is 0 Å². The van der Waals surface area contributed by atoms with Crippen LogP contribution >= 0.6 is 11.6 Å². The van der Waals surface area contributed by atoms with Gasteiger partial charge in [-0.25, -0.2) is 0 Å². The summed E-state index contributed by atoms with van der Waals surface area (Å²) < 4.78 is 4.93. The van der Waals surface area contributed by atoms with Crippen LogP contribution in [0.15, 0.2) is 10.6 Å². The van der Waals surface area contributed by atoms with Gasteiger partial charge in [0, 0.05) is 24.5 Å². The number of alkyl halides is 1. The summed E-state index contributed by atoms with van der Waals surface area (Å²) in [4.78, 5) is 14.0. The molecular formula is C12H19ClN2O2. The van der Waals surface area contributed by atoms with Crippen molar-refractivity contribution in [2.75, 3.05) is 12.4 Å². The van der Waals surface area contributed by atoms with Gasteiger partial charge in [0.2, 0.25) is 0 Å². The Morgan fingerprint density at radius 2 is 2.18 bits per heavy atom. The number of carbonyl (C=O) groups excluding carboxylic acids is 1. The lowest BCUT2D eigenvalue weighted by atomic mass is 10.1. The van der Waals surface area contributed by atoms with Crippen molar-refractivity contribution in [2.24, 2.45) is 0 Å². The zero-order valence-corrected chi connectivity index (χ0v) is 11.3. The van der Waals surface area contributed by atoms with Crippen LogP contribution in [0.25, 0.3) is 0 Å². The van der Waals surface area contributed by atoms with E-state index in [9.17, 15) is 4.79 Å². The van der Waals surface area contributed by atoms with Gasteiger partial charge in [-0.05, 0) is 19.8 Å². The Balaban J connectivity index is 2.86. The third kappa shape index (κ3) is 3.46. The number of carbonyl (C=O) groups is 1. The van der Waals surface area contributed by atoms with E-state index < -0.39 is 0 Å². The predicted molar refractivity (Wildman–Crippen MR) is 67.4 cm³/mol. The van der Waals surface area contributed by atoms with E-state index in [4.69, 9.17) is 16.1 Å². The molecule has 0 radical (unpaired) electrons. The minimum Gasteiger partial charge on any atom is -0.361 e. The van der Waals surface area contributed by atoms with Gasteiger partial charge in [0.05, 0.1) is 0 Å². The summed E-state index contributed by atoms with van der Waals surface area (Å²) in [6, 6.07) is 1.87. The maximum Gasteiger partial charge on any atom is 0.276 e. The maximum atomic E-state index is 12.3. The molecule has 1 aromatic heterocycles. The van der Waals surface area contributed by atoms with E-state index in [-0.39, 0.29) is 11.9 Å². The first-order valence-electron chi connectivity index (χ1n) is 5.94.